The van der Waals surface area contributed by atoms with E-state index in [1.54, 1.807) is 11.3 Å². The first kappa shape index (κ1) is 10.1. The Morgan fingerprint density at radius 3 is 3.21 bits per heavy atom. The molecule has 2 nitrogen and oxygen atoms in total. The molecule has 0 amide bonds. The molecule has 78 valence electrons. The molecule has 3 heteroatoms. The Bertz CT molecular complexity index is 285. The molecule has 0 radical (unpaired) electrons. The third-order valence-corrected chi connectivity index (χ3v) is 3.65. The first-order valence-corrected chi connectivity index (χ1v) is 6.08. The Hall–Kier alpha value is -0.380. The maximum atomic E-state index is 6.06. The molecule has 2 rings (SSSR count). The smallest absolute Gasteiger partial charge is 0.0841 e. The van der Waals surface area contributed by atoms with Gasteiger partial charge in [0.15, 0.2) is 0 Å². The summed E-state index contributed by atoms with van der Waals surface area (Å²) < 4.78 is 6.06. The van der Waals surface area contributed by atoms with E-state index < -0.39 is 0 Å². The van der Waals surface area contributed by atoms with Gasteiger partial charge in [-0.25, -0.2) is 0 Å². The summed E-state index contributed by atoms with van der Waals surface area (Å²) in [5, 5.41) is 4.29. The van der Waals surface area contributed by atoms with Crippen LogP contribution in [0.15, 0.2) is 16.8 Å². The van der Waals surface area contributed by atoms with Gasteiger partial charge in [-0.15, -0.1) is 0 Å². The van der Waals surface area contributed by atoms with E-state index in [2.05, 4.69) is 23.8 Å². The summed E-state index contributed by atoms with van der Waals surface area (Å²) in [4.78, 5) is 0. The van der Waals surface area contributed by atoms with Gasteiger partial charge in [0.25, 0.3) is 0 Å². The van der Waals surface area contributed by atoms with Crippen LogP contribution in [0.3, 0.4) is 0 Å². The van der Waals surface area contributed by atoms with Crippen molar-refractivity contribution < 1.29 is 4.74 Å². The first-order valence-electron chi connectivity index (χ1n) is 5.13. The monoisotopic (exact) mass is 211 g/mol. The number of thiophene rings is 1. The zero-order valence-corrected chi connectivity index (χ0v) is 9.35. The molecule has 2 unspecified atom stereocenters. The predicted octanol–water partition coefficient (Wildman–Crippen LogP) is 2.71. The van der Waals surface area contributed by atoms with Gasteiger partial charge in [0.05, 0.1) is 11.7 Å². The largest absolute Gasteiger partial charge is 0.367 e. The quantitative estimate of drug-likeness (QED) is 0.834. The Morgan fingerprint density at radius 1 is 1.71 bits per heavy atom. The summed E-state index contributed by atoms with van der Waals surface area (Å²) in [6, 6.07) is 2.16. The highest BCUT2D eigenvalue weighted by Gasteiger charge is 2.35. The van der Waals surface area contributed by atoms with Crippen LogP contribution in [0.5, 0.6) is 0 Å². The van der Waals surface area contributed by atoms with Crippen LogP contribution in [0, 0.1) is 0 Å². The van der Waals surface area contributed by atoms with E-state index in [1.165, 1.54) is 5.56 Å². The molecule has 14 heavy (non-hydrogen) atoms. The summed E-state index contributed by atoms with van der Waals surface area (Å²) in [6.07, 6.45) is 3.53. The van der Waals surface area contributed by atoms with Crippen molar-refractivity contribution >= 4 is 11.3 Å². The standard InChI is InChI=1S/C11H17NOS/c1-11(5-6-12)4-2-10(13-11)9-3-7-14-8-9/h3,7-8,10H,2,4-6,12H2,1H3. The van der Waals surface area contributed by atoms with Crippen LogP contribution in [0.4, 0.5) is 0 Å². The van der Waals surface area contributed by atoms with Crippen LogP contribution >= 0.6 is 11.3 Å². The fourth-order valence-corrected chi connectivity index (χ4v) is 2.78. The predicted molar refractivity (Wildman–Crippen MR) is 59.5 cm³/mol. The number of ether oxygens (including phenoxy) is 1. The van der Waals surface area contributed by atoms with Crippen molar-refractivity contribution in [3.8, 4) is 0 Å². The van der Waals surface area contributed by atoms with Crippen molar-refractivity contribution in [2.45, 2.75) is 37.9 Å². The van der Waals surface area contributed by atoms with E-state index in [4.69, 9.17) is 10.5 Å². The van der Waals surface area contributed by atoms with Crippen molar-refractivity contribution in [1.82, 2.24) is 0 Å². The minimum Gasteiger partial charge on any atom is -0.367 e. The lowest BCUT2D eigenvalue weighted by Crippen LogP contribution is -2.26. The van der Waals surface area contributed by atoms with E-state index in [0.29, 0.717) is 12.6 Å². The fourth-order valence-electron chi connectivity index (χ4n) is 2.08. The van der Waals surface area contributed by atoms with Gasteiger partial charge in [-0.1, -0.05) is 0 Å². The summed E-state index contributed by atoms with van der Waals surface area (Å²) >= 11 is 1.74. The van der Waals surface area contributed by atoms with Gasteiger partial charge < -0.3 is 10.5 Å². The lowest BCUT2D eigenvalue weighted by Gasteiger charge is -2.23. The minimum absolute atomic E-state index is 0.0152. The van der Waals surface area contributed by atoms with Crippen molar-refractivity contribution in [2.75, 3.05) is 6.54 Å². The van der Waals surface area contributed by atoms with Crippen LogP contribution < -0.4 is 5.73 Å². The Balaban J connectivity index is 2.01. The molecule has 1 aliphatic rings. The van der Waals surface area contributed by atoms with Crippen LogP contribution in [-0.2, 0) is 4.74 Å². The van der Waals surface area contributed by atoms with E-state index in [0.717, 1.165) is 19.3 Å². The van der Waals surface area contributed by atoms with Gasteiger partial charge in [-0.2, -0.15) is 11.3 Å². The molecule has 0 aromatic carbocycles. The molecule has 2 atom stereocenters. The zero-order chi connectivity index (χ0) is 10.0. The van der Waals surface area contributed by atoms with Gasteiger partial charge in [0, 0.05) is 0 Å². The molecule has 1 fully saturated rings. The molecule has 1 saturated heterocycles. The lowest BCUT2D eigenvalue weighted by molar-refractivity contribution is -0.0330. The summed E-state index contributed by atoms with van der Waals surface area (Å²) in [5.74, 6) is 0. The van der Waals surface area contributed by atoms with Crippen molar-refractivity contribution in [3.05, 3.63) is 22.4 Å². The topological polar surface area (TPSA) is 35.2 Å². The number of hydrogen-bond donors (Lipinski definition) is 1. The molecule has 2 heterocycles. The van der Waals surface area contributed by atoms with Crippen molar-refractivity contribution in [1.29, 1.82) is 0 Å². The van der Waals surface area contributed by atoms with Crippen molar-refractivity contribution in [2.24, 2.45) is 5.73 Å². The van der Waals surface area contributed by atoms with E-state index >= 15 is 0 Å². The highest BCUT2D eigenvalue weighted by Crippen LogP contribution is 2.41. The minimum atomic E-state index is 0.0152. The average molecular weight is 211 g/mol. The lowest BCUT2D eigenvalue weighted by atomic mass is 9.98. The van der Waals surface area contributed by atoms with Gasteiger partial charge in [0.2, 0.25) is 0 Å². The van der Waals surface area contributed by atoms with Gasteiger partial charge in [0.1, 0.15) is 0 Å². The summed E-state index contributed by atoms with van der Waals surface area (Å²) in [5.41, 5.74) is 6.92. The van der Waals surface area contributed by atoms with Gasteiger partial charge in [-0.05, 0) is 55.1 Å². The fraction of sp³-hybridized carbons (Fsp3) is 0.636. The van der Waals surface area contributed by atoms with Crippen LogP contribution in [0.2, 0.25) is 0 Å². The molecule has 1 aromatic heterocycles. The molecule has 0 spiro atoms. The molecule has 0 aliphatic carbocycles. The van der Waals surface area contributed by atoms with Crippen LogP contribution in [0.1, 0.15) is 37.9 Å². The molecule has 2 N–H and O–H groups in total. The first-order chi connectivity index (χ1) is 6.73. The third kappa shape index (κ3) is 2.00. The van der Waals surface area contributed by atoms with Gasteiger partial charge in [-0.3, -0.25) is 0 Å². The number of hydrogen-bond acceptors (Lipinski definition) is 3. The van der Waals surface area contributed by atoms with E-state index in [1.807, 2.05) is 0 Å². The Labute approximate surface area is 89.1 Å². The van der Waals surface area contributed by atoms with Crippen LogP contribution in [-0.4, -0.2) is 12.1 Å². The Morgan fingerprint density at radius 2 is 2.57 bits per heavy atom. The summed E-state index contributed by atoms with van der Waals surface area (Å²) in [6.45, 7) is 2.89. The normalized spacial score (nSPS) is 32.3. The Kier molecular flexibility index (Phi) is 2.91. The highest BCUT2D eigenvalue weighted by molar-refractivity contribution is 7.07. The number of rotatable bonds is 3. The average Bonchev–Trinajstić information content (AvgIpc) is 2.73. The maximum absolute atomic E-state index is 6.06. The third-order valence-electron chi connectivity index (χ3n) is 2.95. The molecule has 1 aromatic rings. The SMILES string of the molecule is CC1(CCN)CCC(c2ccsc2)O1. The molecule has 0 bridgehead atoms. The summed E-state index contributed by atoms with van der Waals surface area (Å²) in [7, 11) is 0. The van der Waals surface area contributed by atoms with Crippen molar-refractivity contribution in [3.63, 3.8) is 0 Å². The second-order valence-corrected chi connectivity index (χ2v) is 4.97. The van der Waals surface area contributed by atoms with Gasteiger partial charge >= 0.3 is 0 Å². The van der Waals surface area contributed by atoms with E-state index in [9.17, 15) is 0 Å². The molecular weight excluding hydrogens is 194 g/mol. The van der Waals surface area contributed by atoms with Crippen LogP contribution in [0.25, 0.3) is 0 Å². The molecule has 1 aliphatic heterocycles. The number of nitrogens with two attached hydrogens (primary N) is 1. The zero-order valence-electron chi connectivity index (χ0n) is 8.53. The highest BCUT2D eigenvalue weighted by atomic mass is 32.1. The van der Waals surface area contributed by atoms with E-state index in [-0.39, 0.29) is 5.60 Å². The molecular formula is C11H17NOS. The maximum Gasteiger partial charge on any atom is 0.0841 e. The molecule has 0 saturated carbocycles. The second-order valence-electron chi connectivity index (χ2n) is 4.19. The second kappa shape index (κ2) is 4.01.